The van der Waals surface area contributed by atoms with Crippen LogP contribution in [0.3, 0.4) is 0 Å². The van der Waals surface area contributed by atoms with Crippen LogP contribution in [-0.4, -0.2) is 41.9 Å². The van der Waals surface area contributed by atoms with E-state index in [-0.39, 0.29) is 5.97 Å². The van der Waals surface area contributed by atoms with Crippen molar-refractivity contribution in [2.75, 3.05) is 31.7 Å². The highest BCUT2D eigenvalue weighted by Gasteiger charge is 2.24. The summed E-state index contributed by atoms with van der Waals surface area (Å²) in [6.07, 6.45) is 2.22. The average Bonchev–Trinajstić information content (AvgIpc) is 2.89. The van der Waals surface area contributed by atoms with Gasteiger partial charge in [0, 0.05) is 18.6 Å². The van der Waals surface area contributed by atoms with Crippen molar-refractivity contribution < 1.29 is 14.4 Å². The minimum absolute atomic E-state index is 0.147. The van der Waals surface area contributed by atoms with Crippen LogP contribution in [-0.2, 0) is 22.5 Å². The fraction of sp³-hybridized carbons (Fsp3) is 0.562. The van der Waals surface area contributed by atoms with E-state index in [1.165, 1.54) is 15.3 Å². The molecule has 24 heavy (non-hydrogen) atoms. The summed E-state index contributed by atoms with van der Waals surface area (Å²) in [5, 5.41) is 1.75. The highest BCUT2D eigenvalue weighted by Crippen LogP contribution is 2.35. The van der Waals surface area contributed by atoms with Crippen LogP contribution in [0.25, 0.3) is 10.2 Å². The number of rotatable bonds is 6. The van der Waals surface area contributed by atoms with Crippen molar-refractivity contribution in [2.45, 2.75) is 37.9 Å². The van der Waals surface area contributed by atoms with Crippen LogP contribution >= 0.6 is 23.1 Å². The molecule has 0 aromatic carbocycles. The van der Waals surface area contributed by atoms with Gasteiger partial charge in [0.1, 0.15) is 17.2 Å². The van der Waals surface area contributed by atoms with Crippen LogP contribution in [0.5, 0.6) is 0 Å². The number of nitrogen functional groups attached to an aromatic ring is 1. The van der Waals surface area contributed by atoms with Crippen molar-refractivity contribution in [1.82, 2.24) is 9.97 Å². The second-order valence-corrected chi connectivity index (χ2v) is 8.11. The molecule has 1 atom stereocenters. The third-order valence-corrected chi connectivity index (χ3v) is 6.13. The summed E-state index contributed by atoms with van der Waals surface area (Å²) in [7, 11) is 2.22. The number of likely N-dealkylation sites (N-methyl/N-ethyl adjacent to an activating group) is 1. The van der Waals surface area contributed by atoms with Crippen molar-refractivity contribution in [3.63, 3.8) is 0 Å². The number of hydrogen-bond acceptors (Lipinski definition) is 7. The number of ether oxygens (including phenoxy) is 1. The van der Waals surface area contributed by atoms with E-state index >= 15 is 0 Å². The smallest absolute Gasteiger partial charge is 0.305 e. The molecule has 3 heterocycles. The van der Waals surface area contributed by atoms with Crippen molar-refractivity contribution in [3.8, 4) is 0 Å². The summed E-state index contributed by atoms with van der Waals surface area (Å²) in [5.41, 5.74) is 7.56. The predicted molar refractivity (Wildman–Crippen MR) is 97.6 cm³/mol. The normalized spacial score (nSPS) is 17.0. The molecule has 2 aromatic rings. The number of thiophene rings is 1. The molecule has 0 saturated heterocycles. The van der Waals surface area contributed by atoms with E-state index in [1.54, 1.807) is 23.1 Å². The monoisotopic (exact) mass is 367 g/mol. The molecule has 0 bridgehead atoms. The number of aromatic nitrogens is 2. The van der Waals surface area contributed by atoms with Crippen LogP contribution in [0.2, 0.25) is 0 Å². The van der Waals surface area contributed by atoms with Gasteiger partial charge < -0.3 is 15.4 Å². The number of carbonyl (C=O) groups is 1. The van der Waals surface area contributed by atoms with Gasteiger partial charge in [0.2, 0.25) is 0 Å². The lowest BCUT2D eigenvalue weighted by Gasteiger charge is -2.19. The summed E-state index contributed by atoms with van der Waals surface area (Å²) >= 11 is 3.29. The molecule has 1 unspecified atom stereocenters. The number of nitrogens with two attached hydrogens (primary N) is 1. The Balaban J connectivity index is 1.68. The maximum atomic E-state index is 11.3. The maximum absolute atomic E-state index is 11.3. The lowest BCUT2D eigenvalue weighted by Crippen LogP contribution is -3.08. The van der Waals surface area contributed by atoms with E-state index in [0.717, 1.165) is 41.9 Å². The van der Waals surface area contributed by atoms with Gasteiger partial charge in [-0.05, 0) is 18.9 Å². The predicted octanol–water partition coefficient (Wildman–Crippen LogP) is 1.28. The molecule has 6 nitrogen and oxygen atoms in total. The Hall–Kier alpha value is -1.38. The molecule has 0 saturated carbocycles. The Labute approximate surface area is 149 Å². The number of hydrogen-bond donors (Lipinski definition) is 2. The highest BCUT2D eigenvalue weighted by atomic mass is 32.2. The molecule has 8 heteroatoms. The van der Waals surface area contributed by atoms with Gasteiger partial charge in [-0.1, -0.05) is 11.8 Å². The summed E-state index contributed by atoms with van der Waals surface area (Å²) in [5.74, 6) is 1.22. The third kappa shape index (κ3) is 3.81. The van der Waals surface area contributed by atoms with Crippen molar-refractivity contribution >= 4 is 45.1 Å². The van der Waals surface area contributed by atoms with Gasteiger partial charge in [-0.25, -0.2) is 9.97 Å². The first kappa shape index (κ1) is 17.4. The van der Waals surface area contributed by atoms with Crippen LogP contribution in [0.4, 0.5) is 5.82 Å². The van der Waals surface area contributed by atoms with Crippen LogP contribution in [0.15, 0.2) is 5.16 Å². The number of nitrogens with zero attached hydrogens (tertiary/aromatic N) is 2. The molecule has 0 aliphatic carbocycles. The highest BCUT2D eigenvalue weighted by molar-refractivity contribution is 7.99. The zero-order valence-electron chi connectivity index (χ0n) is 14.1. The zero-order chi connectivity index (χ0) is 17.1. The van der Waals surface area contributed by atoms with E-state index in [9.17, 15) is 4.79 Å². The van der Waals surface area contributed by atoms with E-state index in [2.05, 4.69) is 17.0 Å². The first-order valence-corrected chi connectivity index (χ1v) is 10.1. The van der Waals surface area contributed by atoms with Crippen molar-refractivity contribution in [2.24, 2.45) is 0 Å². The average molecular weight is 368 g/mol. The zero-order valence-corrected chi connectivity index (χ0v) is 15.7. The fourth-order valence-corrected chi connectivity index (χ4v) is 5.09. The van der Waals surface area contributed by atoms with Crippen LogP contribution in [0, 0.1) is 0 Å². The van der Waals surface area contributed by atoms with Crippen molar-refractivity contribution in [3.05, 3.63) is 10.4 Å². The van der Waals surface area contributed by atoms with Gasteiger partial charge in [-0.15, -0.1) is 11.3 Å². The molecule has 2 aromatic heterocycles. The van der Waals surface area contributed by atoms with Crippen LogP contribution < -0.4 is 10.6 Å². The fourth-order valence-electron chi connectivity index (χ4n) is 2.90. The summed E-state index contributed by atoms with van der Waals surface area (Å²) in [6, 6.07) is 0. The first-order valence-electron chi connectivity index (χ1n) is 8.26. The van der Waals surface area contributed by atoms with Gasteiger partial charge >= 0.3 is 5.97 Å². The SMILES string of the molecule is CCOC(=O)CCCSc1nc(N)c2c3c(sc2n1)C[NH+](C)CC3. The van der Waals surface area contributed by atoms with E-state index in [0.29, 0.717) is 24.0 Å². The molecular formula is C16H23N4O2S2+. The van der Waals surface area contributed by atoms with E-state index in [4.69, 9.17) is 10.5 Å². The molecular weight excluding hydrogens is 344 g/mol. The minimum Gasteiger partial charge on any atom is -0.466 e. The number of anilines is 1. The molecule has 1 aliphatic heterocycles. The lowest BCUT2D eigenvalue weighted by molar-refractivity contribution is -0.895. The Kier molecular flexibility index (Phi) is 5.57. The molecule has 0 fully saturated rings. The quantitative estimate of drug-likeness (QED) is 0.346. The number of nitrogens with one attached hydrogen (secondary N) is 1. The van der Waals surface area contributed by atoms with E-state index in [1.807, 2.05) is 6.92 Å². The maximum Gasteiger partial charge on any atom is 0.305 e. The van der Waals surface area contributed by atoms with Gasteiger partial charge in [0.05, 0.1) is 30.5 Å². The summed E-state index contributed by atoms with van der Waals surface area (Å²) in [4.78, 5) is 24.4. The molecule has 3 rings (SSSR count). The minimum atomic E-state index is -0.147. The molecule has 0 spiro atoms. The number of quaternary nitrogens is 1. The molecule has 130 valence electrons. The topological polar surface area (TPSA) is 82.5 Å². The number of fused-ring (bicyclic) bond motifs is 3. The van der Waals surface area contributed by atoms with Crippen molar-refractivity contribution in [1.29, 1.82) is 0 Å². The second kappa shape index (κ2) is 7.67. The first-order chi connectivity index (χ1) is 11.6. The summed E-state index contributed by atoms with van der Waals surface area (Å²) < 4.78 is 4.93. The van der Waals surface area contributed by atoms with E-state index < -0.39 is 0 Å². The van der Waals surface area contributed by atoms with Crippen LogP contribution in [0.1, 0.15) is 30.2 Å². The Morgan fingerprint density at radius 1 is 1.46 bits per heavy atom. The van der Waals surface area contributed by atoms with Gasteiger partial charge in [-0.3, -0.25) is 4.79 Å². The van der Waals surface area contributed by atoms with Gasteiger partial charge in [0.25, 0.3) is 0 Å². The Morgan fingerprint density at radius 2 is 2.29 bits per heavy atom. The third-order valence-electron chi connectivity index (χ3n) is 4.07. The number of esters is 1. The number of thioether (sulfide) groups is 1. The second-order valence-electron chi connectivity index (χ2n) is 5.97. The Morgan fingerprint density at radius 3 is 3.08 bits per heavy atom. The largest absolute Gasteiger partial charge is 0.466 e. The number of carbonyl (C=O) groups excluding carboxylic acids is 1. The lowest BCUT2D eigenvalue weighted by atomic mass is 10.1. The summed E-state index contributed by atoms with van der Waals surface area (Å²) in [6.45, 7) is 4.42. The van der Waals surface area contributed by atoms with Gasteiger partial charge in [-0.2, -0.15) is 0 Å². The standard InChI is InChI=1S/C16H22N4O2S2/c1-3-22-12(21)5-4-8-23-16-18-14(17)13-10-6-7-20(2)9-11(10)24-15(13)19-16/h3-9H2,1-2H3,(H2,17,18,19)/p+1. The molecule has 0 amide bonds. The molecule has 0 radical (unpaired) electrons. The Bertz CT molecular complexity index is 747. The molecule has 1 aliphatic rings. The van der Waals surface area contributed by atoms with Gasteiger partial charge in [0.15, 0.2) is 5.16 Å². The molecule has 3 N–H and O–H groups in total.